The van der Waals surface area contributed by atoms with Crippen LogP contribution in [0.2, 0.25) is 0 Å². The van der Waals surface area contributed by atoms with Gasteiger partial charge in [-0.05, 0) is 137 Å². The molecule has 0 saturated carbocycles. The summed E-state index contributed by atoms with van der Waals surface area (Å²) in [7, 11) is 0. The Labute approximate surface area is 371 Å². The van der Waals surface area contributed by atoms with Crippen LogP contribution >= 0.6 is 0 Å². The van der Waals surface area contributed by atoms with Crippen molar-refractivity contribution in [3.63, 3.8) is 0 Å². The quantitative estimate of drug-likeness (QED) is 0.148. The Hall–Kier alpha value is -8.46. The third kappa shape index (κ3) is 5.81. The fourth-order valence-corrected chi connectivity index (χ4v) is 10.3. The second-order valence-electron chi connectivity index (χ2n) is 16.9. The van der Waals surface area contributed by atoms with Crippen molar-refractivity contribution in [1.82, 2.24) is 9.13 Å². The Morgan fingerprint density at radius 3 is 0.875 bits per heavy atom. The predicted molar refractivity (Wildman–Crippen MR) is 272 cm³/mol. The van der Waals surface area contributed by atoms with Crippen LogP contribution in [0.15, 0.2) is 243 Å². The summed E-state index contributed by atoms with van der Waals surface area (Å²) >= 11 is 0. The molecule has 0 fully saturated rings. The Balaban J connectivity index is 0.993. The molecule has 0 amide bonds. The molecule has 13 rings (SSSR count). The smallest absolute Gasteiger partial charge is 0.0542 e. The molecule has 0 unspecified atom stereocenters. The van der Waals surface area contributed by atoms with E-state index in [0.717, 1.165) is 22.8 Å². The van der Waals surface area contributed by atoms with Gasteiger partial charge in [-0.25, -0.2) is 0 Å². The van der Waals surface area contributed by atoms with Crippen LogP contribution < -0.4 is 0 Å². The van der Waals surface area contributed by atoms with Gasteiger partial charge < -0.3 is 9.13 Å². The summed E-state index contributed by atoms with van der Waals surface area (Å²) in [5, 5.41) is 12.5. The molecule has 0 bridgehead atoms. The van der Waals surface area contributed by atoms with Crippen LogP contribution in [0, 0.1) is 0 Å². The highest BCUT2D eigenvalue weighted by molar-refractivity contribution is 6.14. The Morgan fingerprint density at radius 1 is 0.219 bits per heavy atom. The molecule has 2 heterocycles. The zero-order chi connectivity index (χ0) is 42.1. The summed E-state index contributed by atoms with van der Waals surface area (Å²) in [5.74, 6) is 0. The van der Waals surface area contributed by atoms with Gasteiger partial charge in [0.2, 0.25) is 0 Å². The van der Waals surface area contributed by atoms with E-state index in [-0.39, 0.29) is 0 Å². The summed E-state index contributed by atoms with van der Waals surface area (Å²) in [5.41, 5.74) is 14.2. The van der Waals surface area contributed by atoms with E-state index in [2.05, 4.69) is 252 Å². The third-order valence-electron chi connectivity index (χ3n) is 13.2. The summed E-state index contributed by atoms with van der Waals surface area (Å²) in [4.78, 5) is 0. The molecule has 0 radical (unpaired) electrons. The van der Waals surface area contributed by atoms with Crippen molar-refractivity contribution in [3.8, 4) is 56.1 Å². The van der Waals surface area contributed by atoms with Crippen molar-refractivity contribution in [2.75, 3.05) is 0 Å². The highest BCUT2D eigenvalue weighted by Gasteiger charge is 2.20. The van der Waals surface area contributed by atoms with Crippen molar-refractivity contribution < 1.29 is 0 Å². The number of benzene rings is 11. The number of fused-ring (bicyclic) bond motifs is 6. The third-order valence-corrected chi connectivity index (χ3v) is 13.2. The van der Waals surface area contributed by atoms with Crippen LogP contribution in [-0.4, -0.2) is 9.13 Å². The van der Waals surface area contributed by atoms with Gasteiger partial charge in [0, 0.05) is 22.1 Å². The summed E-state index contributed by atoms with van der Waals surface area (Å²) < 4.78 is 4.88. The maximum atomic E-state index is 2.44. The van der Waals surface area contributed by atoms with Gasteiger partial charge in [-0.1, -0.05) is 182 Å². The zero-order valence-electron chi connectivity index (χ0n) is 35.0. The van der Waals surface area contributed by atoms with Crippen LogP contribution in [0.3, 0.4) is 0 Å². The zero-order valence-corrected chi connectivity index (χ0v) is 35.0. The summed E-state index contributed by atoms with van der Waals surface area (Å²) in [6, 6.07) is 89.1. The number of aromatic nitrogens is 2. The van der Waals surface area contributed by atoms with E-state index >= 15 is 0 Å². The van der Waals surface area contributed by atoms with E-state index in [1.165, 1.54) is 98.3 Å². The first kappa shape index (κ1) is 36.2. The average molecular weight is 813 g/mol. The van der Waals surface area contributed by atoms with Gasteiger partial charge >= 0.3 is 0 Å². The van der Waals surface area contributed by atoms with Gasteiger partial charge in [-0.3, -0.25) is 0 Å². The average Bonchev–Trinajstić information content (AvgIpc) is 3.93. The number of hydrogen-bond acceptors (Lipinski definition) is 0. The largest absolute Gasteiger partial charge is 0.309 e. The lowest BCUT2D eigenvalue weighted by molar-refractivity contribution is 1.13. The topological polar surface area (TPSA) is 9.86 Å². The van der Waals surface area contributed by atoms with Crippen LogP contribution in [0.4, 0.5) is 0 Å². The van der Waals surface area contributed by atoms with Gasteiger partial charge in [0.1, 0.15) is 0 Å². The van der Waals surface area contributed by atoms with E-state index in [4.69, 9.17) is 0 Å². The van der Waals surface area contributed by atoms with E-state index in [1.54, 1.807) is 0 Å². The Morgan fingerprint density at radius 2 is 0.531 bits per heavy atom. The highest BCUT2D eigenvalue weighted by Crippen LogP contribution is 2.42. The molecule has 0 atom stereocenters. The van der Waals surface area contributed by atoms with Crippen molar-refractivity contribution >= 4 is 64.9 Å². The van der Waals surface area contributed by atoms with Crippen LogP contribution in [0.5, 0.6) is 0 Å². The first-order valence-corrected chi connectivity index (χ1v) is 22.1. The minimum atomic E-state index is 1.13. The molecule has 64 heavy (non-hydrogen) atoms. The molecular formula is C62H40N2. The van der Waals surface area contributed by atoms with E-state index < -0.39 is 0 Å². The first-order valence-electron chi connectivity index (χ1n) is 22.1. The lowest BCUT2D eigenvalue weighted by Crippen LogP contribution is -1.98. The molecule has 2 nitrogen and oxygen atoms in total. The summed E-state index contributed by atoms with van der Waals surface area (Å²) in [6.07, 6.45) is 0. The molecule has 0 aliphatic rings. The highest BCUT2D eigenvalue weighted by atomic mass is 15.0. The molecule has 0 saturated heterocycles. The number of hydrogen-bond donors (Lipinski definition) is 0. The van der Waals surface area contributed by atoms with Crippen LogP contribution in [-0.2, 0) is 0 Å². The van der Waals surface area contributed by atoms with E-state index in [1.807, 2.05) is 0 Å². The maximum Gasteiger partial charge on any atom is 0.0542 e. The standard InChI is InChI=1S/C62H40N2/c1-3-15-41(16-4-1)57-37-49-39-60-50(40-59(49)63(57)51-31-27-43(28-32-51)61-53-23-11-7-19-45(53)35-46-20-8-12-24-54(46)61)38-58(42-17-5-2-6-18-42)64(60)52-33-29-44(30-34-52)62-55-25-13-9-21-47(55)36-48-22-10-14-26-56(48)62/h1-40H. The van der Waals surface area contributed by atoms with Gasteiger partial charge in [-0.2, -0.15) is 0 Å². The monoisotopic (exact) mass is 812 g/mol. The minimum absolute atomic E-state index is 1.13. The molecule has 0 aliphatic carbocycles. The first-order chi connectivity index (χ1) is 31.7. The molecular weight excluding hydrogens is 773 g/mol. The fourth-order valence-electron chi connectivity index (χ4n) is 10.3. The second-order valence-corrected chi connectivity index (χ2v) is 16.9. The molecule has 11 aromatic carbocycles. The normalized spacial score (nSPS) is 11.8. The van der Waals surface area contributed by atoms with Gasteiger partial charge in [0.25, 0.3) is 0 Å². The molecule has 0 aliphatic heterocycles. The van der Waals surface area contributed by atoms with Crippen molar-refractivity contribution in [2.45, 2.75) is 0 Å². The molecule has 0 N–H and O–H groups in total. The molecule has 2 aromatic heterocycles. The van der Waals surface area contributed by atoms with E-state index in [0.29, 0.717) is 0 Å². The molecule has 298 valence electrons. The van der Waals surface area contributed by atoms with Crippen molar-refractivity contribution in [1.29, 1.82) is 0 Å². The molecule has 2 heteroatoms. The second kappa shape index (κ2) is 14.6. The lowest BCUT2D eigenvalue weighted by Gasteiger charge is -2.15. The molecule has 0 spiro atoms. The summed E-state index contributed by atoms with van der Waals surface area (Å²) in [6.45, 7) is 0. The number of rotatable bonds is 6. The lowest BCUT2D eigenvalue weighted by atomic mass is 9.92. The number of nitrogens with zero attached hydrogens (tertiary/aromatic N) is 2. The van der Waals surface area contributed by atoms with Gasteiger partial charge in [0.15, 0.2) is 0 Å². The minimum Gasteiger partial charge on any atom is -0.309 e. The van der Waals surface area contributed by atoms with Gasteiger partial charge in [0.05, 0.1) is 22.4 Å². The van der Waals surface area contributed by atoms with Crippen molar-refractivity contribution in [3.05, 3.63) is 243 Å². The fraction of sp³-hybridized carbons (Fsp3) is 0. The molecule has 13 aromatic rings. The van der Waals surface area contributed by atoms with E-state index in [9.17, 15) is 0 Å². The predicted octanol–water partition coefficient (Wildman–Crippen LogP) is 16.9. The Kier molecular flexibility index (Phi) is 8.25. The van der Waals surface area contributed by atoms with Crippen LogP contribution in [0.25, 0.3) is 121 Å². The SMILES string of the molecule is c1ccc(-c2cc3cc4c(cc(-c5ccccc5)n4-c4ccc(-c5c6ccccc6cc6ccccc56)cc4)cc3n2-c2ccc(-c3c4ccccc4cc4ccccc34)cc2)cc1. The Bertz CT molecular complexity index is 3540. The van der Waals surface area contributed by atoms with Crippen LogP contribution in [0.1, 0.15) is 0 Å². The maximum absolute atomic E-state index is 2.44. The van der Waals surface area contributed by atoms with Crippen molar-refractivity contribution in [2.24, 2.45) is 0 Å². The van der Waals surface area contributed by atoms with Gasteiger partial charge in [-0.15, -0.1) is 0 Å².